The second-order valence-corrected chi connectivity index (χ2v) is 4.83. The van der Waals surface area contributed by atoms with Gasteiger partial charge in [0, 0.05) is 30.0 Å². The van der Waals surface area contributed by atoms with Gasteiger partial charge in [-0.1, -0.05) is 0 Å². The first-order valence-corrected chi connectivity index (χ1v) is 6.65. The summed E-state index contributed by atoms with van der Waals surface area (Å²) < 4.78 is 6.57. The molecule has 3 aromatic heterocycles. The normalized spacial score (nSPS) is 10.6. The fourth-order valence-corrected chi connectivity index (χ4v) is 2.41. The number of thiazole rings is 1. The molecular weight excluding hydrogens is 278 g/mol. The molecule has 0 unspecified atom stereocenters. The average Bonchev–Trinajstić information content (AvgIpc) is 2.94. The van der Waals surface area contributed by atoms with Crippen molar-refractivity contribution < 1.29 is 9.53 Å². The molecule has 6 nitrogen and oxygen atoms in total. The summed E-state index contributed by atoms with van der Waals surface area (Å²) in [5.41, 5.74) is 0.653. The van der Waals surface area contributed by atoms with E-state index in [1.165, 1.54) is 34.2 Å². The second kappa shape index (κ2) is 5.22. The maximum Gasteiger partial charge on any atom is 0.338 e. The number of aromatic nitrogens is 3. The van der Waals surface area contributed by atoms with Crippen molar-refractivity contribution in [3.63, 3.8) is 0 Å². The van der Waals surface area contributed by atoms with Crippen LogP contribution in [0.1, 0.15) is 16.1 Å². The highest BCUT2D eigenvalue weighted by atomic mass is 32.1. The molecule has 0 atom stereocenters. The van der Waals surface area contributed by atoms with Crippen molar-refractivity contribution in [1.29, 1.82) is 0 Å². The monoisotopic (exact) mass is 287 g/mol. The summed E-state index contributed by atoms with van der Waals surface area (Å²) in [6.45, 7) is -0.0369. The standard InChI is InChI=1S/C13H9N3O3S/c17-11-7-10(15-13-16(11)5-6-20-13)8-19-12(18)9-1-3-14-4-2-9/h1-7H,8H2. The number of rotatable bonds is 3. The smallest absolute Gasteiger partial charge is 0.338 e. The van der Waals surface area contributed by atoms with Gasteiger partial charge in [-0.25, -0.2) is 9.78 Å². The topological polar surface area (TPSA) is 73.6 Å². The molecule has 7 heteroatoms. The van der Waals surface area contributed by atoms with Crippen LogP contribution in [-0.2, 0) is 11.3 Å². The maximum absolute atomic E-state index is 11.8. The number of carbonyl (C=O) groups excluding carboxylic acids is 1. The van der Waals surface area contributed by atoms with E-state index in [9.17, 15) is 9.59 Å². The number of esters is 1. The van der Waals surface area contributed by atoms with E-state index in [1.54, 1.807) is 23.7 Å². The Balaban J connectivity index is 1.77. The Kier molecular flexibility index (Phi) is 3.26. The van der Waals surface area contributed by atoms with Gasteiger partial charge in [0.25, 0.3) is 5.56 Å². The fourth-order valence-electron chi connectivity index (χ4n) is 1.67. The number of carbonyl (C=O) groups is 1. The zero-order chi connectivity index (χ0) is 13.9. The van der Waals surface area contributed by atoms with Crippen LogP contribution in [0.2, 0.25) is 0 Å². The van der Waals surface area contributed by atoms with Gasteiger partial charge in [0.2, 0.25) is 0 Å². The van der Waals surface area contributed by atoms with Crippen molar-refractivity contribution in [1.82, 2.24) is 14.4 Å². The highest BCUT2D eigenvalue weighted by molar-refractivity contribution is 7.15. The summed E-state index contributed by atoms with van der Waals surface area (Å²) in [5.74, 6) is -0.472. The van der Waals surface area contributed by atoms with Crippen molar-refractivity contribution >= 4 is 22.3 Å². The van der Waals surface area contributed by atoms with E-state index in [4.69, 9.17) is 4.74 Å². The molecule has 3 heterocycles. The lowest BCUT2D eigenvalue weighted by Gasteiger charge is -2.04. The highest BCUT2D eigenvalue weighted by Crippen LogP contribution is 2.08. The largest absolute Gasteiger partial charge is 0.456 e. The SMILES string of the molecule is O=C(OCc1cc(=O)n2ccsc2n1)c1ccncc1. The molecular formula is C13H9N3O3S. The van der Waals surface area contributed by atoms with Crippen LogP contribution >= 0.6 is 11.3 Å². The Bertz CT molecular complexity index is 810. The molecule has 100 valence electrons. The lowest BCUT2D eigenvalue weighted by molar-refractivity contribution is 0.0467. The van der Waals surface area contributed by atoms with Crippen molar-refractivity contribution in [2.24, 2.45) is 0 Å². The number of nitrogens with zero attached hydrogens (tertiary/aromatic N) is 3. The Labute approximate surface area is 117 Å². The minimum Gasteiger partial charge on any atom is -0.456 e. The van der Waals surface area contributed by atoms with Crippen LogP contribution in [0.5, 0.6) is 0 Å². The number of ether oxygens (including phenoxy) is 1. The molecule has 0 aromatic carbocycles. The molecule has 0 aliphatic heterocycles. The number of hydrogen-bond donors (Lipinski definition) is 0. The minimum absolute atomic E-state index is 0.0369. The predicted octanol–water partition coefficient (Wildman–Crippen LogP) is 1.51. The second-order valence-electron chi connectivity index (χ2n) is 3.95. The highest BCUT2D eigenvalue weighted by Gasteiger charge is 2.09. The molecule has 0 aliphatic rings. The van der Waals surface area contributed by atoms with Crippen molar-refractivity contribution in [3.8, 4) is 0 Å². The van der Waals surface area contributed by atoms with Gasteiger partial charge >= 0.3 is 5.97 Å². The van der Waals surface area contributed by atoms with Crippen LogP contribution in [0.15, 0.2) is 47.0 Å². The van der Waals surface area contributed by atoms with Gasteiger partial charge in [-0.05, 0) is 12.1 Å². The van der Waals surface area contributed by atoms with E-state index in [-0.39, 0.29) is 12.2 Å². The van der Waals surface area contributed by atoms with Crippen LogP contribution in [0.3, 0.4) is 0 Å². The molecule has 3 rings (SSSR count). The Morgan fingerprint density at radius 3 is 2.95 bits per heavy atom. The lowest BCUT2D eigenvalue weighted by Crippen LogP contribution is -2.14. The number of fused-ring (bicyclic) bond motifs is 1. The average molecular weight is 287 g/mol. The summed E-state index contributed by atoms with van der Waals surface area (Å²) in [6, 6.07) is 4.49. The van der Waals surface area contributed by atoms with Crippen molar-refractivity contribution in [2.75, 3.05) is 0 Å². The van der Waals surface area contributed by atoms with E-state index in [0.29, 0.717) is 16.2 Å². The van der Waals surface area contributed by atoms with Crippen LogP contribution in [0, 0.1) is 0 Å². The first-order chi connectivity index (χ1) is 9.74. The van der Waals surface area contributed by atoms with Gasteiger partial charge in [-0.15, -0.1) is 11.3 Å². The molecule has 0 radical (unpaired) electrons. The molecule has 0 aliphatic carbocycles. The molecule has 0 saturated heterocycles. The van der Waals surface area contributed by atoms with E-state index in [2.05, 4.69) is 9.97 Å². The molecule has 3 aromatic rings. The summed E-state index contributed by atoms with van der Waals surface area (Å²) in [5, 5.41) is 1.77. The van der Waals surface area contributed by atoms with Crippen LogP contribution in [-0.4, -0.2) is 20.3 Å². The molecule has 0 saturated carbocycles. The minimum atomic E-state index is -0.472. The van der Waals surface area contributed by atoms with Crippen molar-refractivity contribution in [3.05, 3.63) is 63.8 Å². The van der Waals surface area contributed by atoms with Crippen LogP contribution < -0.4 is 5.56 Å². The zero-order valence-corrected chi connectivity index (χ0v) is 11.0. The third-order valence-corrected chi connectivity index (χ3v) is 3.38. The van der Waals surface area contributed by atoms with E-state index in [0.717, 1.165) is 0 Å². The lowest BCUT2D eigenvalue weighted by atomic mass is 10.3. The fraction of sp³-hybridized carbons (Fsp3) is 0.0769. The molecule has 0 N–H and O–H groups in total. The van der Waals surface area contributed by atoms with E-state index >= 15 is 0 Å². The summed E-state index contributed by atoms with van der Waals surface area (Å²) in [4.78, 5) is 32.2. The summed E-state index contributed by atoms with van der Waals surface area (Å²) >= 11 is 1.35. The van der Waals surface area contributed by atoms with E-state index < -0.39 is 5.97 Å². The van der Waals surface area contributed by atoms with Gasteiger partial charge in [0.15, 0.2) is 4.96 Å². The van der Waals surface area contributed by atoms with Crippen LogP contribution in [0.25, 0.3) is 4.96 Å². The van der Waals surface area contributed by atoms with Gasteiger partial charge in [-0.2, -0.15) is 0 Å². The Morgan fingerprint density at radius 2 is 2.15 bits per heavy atom. The molecule has 20 heavy (non-hydrogen) atoms. The zero-order valence-electron chi connectivity index (χ0n) is 10.2. The molecule has 0 amide bonds. The molecule has 0 bridgehead atoms. The quantitative estimate of drug-likeness (QED) is 0.683. The number of hydrogen-bond acceptors (Lipinski definition) is 6. The van der Waals surface area contributed by atoms with Gasteiger partial charge in [0.05, 0.1) is 11.3 Å². The van der Waals surface area contributed by atoms with Gasteiger partial charge in [-0.3, -0.25) is 14.2 Å². The van der Waals surface area contributed by atoms with Gasteiger partial charge < -0.3 is 4.74 Å². The van der Waals surface area contributed by atoms with Crippen molar-refractivity contribution in [2.45, 2.75) is 6.61 Å². The third-order valence-electron chi connectivity index (χ3n) is 2.62. The van der Waals surface area contributed by atoms with Gasteiger partial charge in [0.1, 0.15) is 6.61 Å². The Morgan fingerprint density at radius 1 is 1.35 bits per heavy atom. The summed E-state index contributed by atoms with van der Waals surface area (Å²) in [7, 11) is 0. The third kappa shape index (κ3) is 2.43. The Hall–Kier alpha value is -2.54. The summed E-state index contributed by atoms with van der Waals surface area (Å²) in [6.07, 6.45) is 4.68. The van der Waals surface area contributed by atoms with E-state index in [1.807, 2.05) is 0 Å². The number of pyridine rings is 1. The predicted molar refractivity (Wildman–Crippen MR) is 72.7 cm³/mol. The maximum atomic E-state index is 11.8. The molecule has 0 fully saturated rings. The molecule has 0 spiro atoms. The first-order valence-electron chi connectivity index (χ1n) is 5.77. The first kappa shape index (κ1) is 12.5. The van der Waals surface area contributed by atoms with Crippen LogP contribution in [0.4, 0.5) is 0 Å².